The van der Waals surface area contributed by atoms with Crippen molar-refractivity contribution in [2.45, 2.75) is 13.0 Å². The molecule has 86 valence electrons. The van der Waals surface area contributed by atoms with Crippen LogP contribution in [0.1, 0.15) is 12.0 Å². The molecule has 1 unspecified atom stereocenters. The van der Waals surface area contributed by atoms with E-state index in [1.54, 1.807) is 6.20 Å². The number of nitrogens with two attached hydrogens (primary N) is 2. The molecule has 1 amide bonds. The standard InChI is InChI=1S/C11H16N4O/c12-6-8-1-3-14-10(5-8)15-4-2-9(7-15)11(13)16/h1,3,5,9H,2,4,6-7,12H2,(H2,13,16). The topological polar surface area (TPSA) is 85.2 Å². The minimum atomic E-state index is -0.225. The highest BCUT2D eigenvalue weighted by molar-refractivity contribution is 5.78. The average molecular weight is 220 g/mol. The summed E-state index contributed by atoms with van der Waals surface area (Å²) in [7, 11) is 0. The van der Waals surface area contributed by atoms with Crippen molar-refractivity contribution >= 4 is 11.7 Å². The van der Waals surface area contributed by atoms with Gasteiger partial charge in [-0.1, -0.05) is 0 Å². The van der Waals surface area contributed by atoms with Crippen LogP contribution in [-0.4, -0.2) is 24.0 Å². The van der Waals surface area contributed by atoms with Crippen LogP contribution in [0.4, 0.5) is 5.82 Å². The Bertz CT molecular complexity index is 393. The number of rotatable bonds is 3. The smallest absolute Gasteiger partial charge is 0.222 e. The van der Waals surface area contributed by atoms with Gasteiger partial charge < -0.3 is 16.4 Å². The van der Waals surface area contributed by atoms with Gasteiger partial charge in [0.05, 0.1) is 5.92 Å². The van der Waals surface area contributed by atoms with E-state index in [9.17, 15) is 4.79 Å². The molecule has 1 aliphatic rings. The van der Waals surface area contributed by atoms with Gasteiger partial charge in [0.2, 0.25) is 5.91 Å². The third-order valence-corrected chi connectivity index (χ3v) is 2.96. The lowest BCUT2D eigenvalue weighted by Crippen LogP contribution is -2.27. The van der Waals surface area contributed by atoms with Crippen molar-refractivity contribution in [1.29, 1.82) is 0 Å². The summed E-state index contributed by atoms with van der Waals surface area (Å²) in [4.78, 5) is 17.4. The zero-order chi connectivity index (χ0) is 11.5. The van der Waals surface area contributed by atoms with Crippen molar-refractivity contribution in [3.8, 4) is 0 Å². The monoisotopic (exact) mass is 220 g/mol. The number of pyridine rings is 1. The minimum Gasteiger partial charge on any atom is -0.369 e. The van der Waals surface area contributed by atoms with Crippen molar-refractivity contribution in [3.05, 3.63) is 23.9 Å². The molecule has 0 radical (unpaired) electrons. The van der Waals surface area contributed by atoms with Gasteiger partial charge in [0.15, 0.2) is 0 Å². The summed E-state index contributed by atoms with van der Waals surface area (Å²) in [6, 6.07) is 3.86. The van der Waals surface area contributed by atoms with E-state index < -0.39 is 0 Å². The number of primary amides is 1. The summed E-state index contributed by atoms with van der Waals surface area (Å²) in [5.41, 5.74) is 11.9. The first-order valence-corrected chi connectivity index (χ1v) is 5.40. The van der Waals surface area contributed by atoms with Crippen molar-refractivity contribution in [2.24, 2.45) is 17.4 Å². The SMILES string of the molecule is NCc1ccnc(N2CCC(C(N)=O)C2)c1. The fraction of sp³-hybridized carbons (Fsp3) is 0.455. The first-order valence-electron chi connectivity index (χ1n) is 5.40. The fourth-order valence-electron chi connectivity index (χ4n) is 1.96. The number of hydrogen-bond donors (Lipinski definition) is 2. The number of nitrogens with zero attached hydrogens (tertiary/aromatic N) is 2. The lowest BCUT2D eigenvalue weighted by atomic mass is 10.1. The Morgan fingerprint density at radius 1 is 1.62 bits per heavy atom. The molecular weight excluding hydrogens is 204 g/mol. The number of anilines is 1. The van der Waals surface area contributed by atoms with Gasteiger partial charge in [0.1, 0.15) is 5.82 Å². The zero-order valence-corrected chi connectivity index (χ0v) is 9.10. The number of aromatic nitrogens is 1. The highest BCUT2D eigenvalue weighted by atomic mass is 16.1. The van der Waals surface area contributed by atoms with Crippen LogP contribution in [0.3, 0.4) is 0 Å². The first kappa shape index (κ1) is 10.9. The molecule has 16 heavy (non-hydrogen) atoms. The van der Waals surface area contributed by atoms with Crippen molar-refractivity contribution in [1.82, 2.24) is 4.98 Å². The van der Waals surface area contributed by atoms with Gasteiger partial charge in [-0.25, -0.2) is 4.98 Å². The Balaban J connectivity index is 2.11. The van der Waals surface area contributed by atoms with Crippen LogP contribution in [0, 0.1) is 5.92 Å². The summed E-state index contributed by atoms with van der Waals surface area (Å²) < 4.78 is 0. The summed E-state index contributed by atoms with van der Waals surface area (Å²) in [5, 5.41) is 0. The van der Waals surface area contributed by atoms with Crippen molar-refractivity contribution in [3.63, 3.8) is 0 Å². The van der Waals surface area contributed by atoms with Gasteiger partial charge in [-0.3, -0.25) is 4.79 Å². The predicted octanol–water partition coefficient (Wildman–Crippen LogP) is -0.148. The van der Waals surface area contributed by atoms with E-state index in [-0.39, 0.29) is 11.8 Å². The molecule has 5 nitrogen and oxygen atoms in total. The maximum atomic E-state index is 11.1. The second-order valence-corrected chi connectivity index (χ2v) is 4.06. The van der Waals surface area contributed by atoms with E-state index in [0.29, 0.717) is 13.1 Å². The number of carbonyl (C=O) groups is 1. The summed E-state index contributed by atoms with van der Waals surface area (Å²) in [6.45, 7) is 1.99. The molecule has 0 saturated carbocycles. The number of carbonyl (C=O) groups excluding carboxylic acids is 1. The molecule has 1 fully saturated rings. The van der Waals surface area contributed by atoms with Gasteiger partial charge in [0.25, 0.3) is 0 Å². The molecule has 1 aromatic rings. The lowest BCUT2D eigenvalue weighted by molar-refractivity contribution is -0.121. The molecule has 0 aromatic carbocycles. The van der Waals surface area contributed by atoms with E-state index in [0.717, 1.165) is 24.3 Å². The quantitative estimate of drug-likeness (QED) is 0.742. The third kappa shape index (κ3) is 2.14. The molecule has 5 heteroatoms. The highest BCUT2D eigenvalue weighted by Gasteiger charge is 2.27. The molecule has 1 aromatic heterocycles. The van der Waals surface area contributed by atoms with E-state index in [4.69, 9.17) is 11.5 Å². The zero-order valence-electron chi connectivity index (χ0n) is 9.10. The van der Waals surface area contributed by atoms with Gasteiger partial charge in [0, 0.05) is 25.8 Å². The number of amides is 1. The molecule has 1 atom stereocenters. The highest BCUT2D eigenvalue weighted by Crippen LogP contribution is 2.22. The van der Waals surface area contributed by atoms with E-state index in [1.165, 1.54) is 0 Å². The van der Waals surface area contributed by atoms with Crippen LogP contribution in [0.5, 0.6) is 0 Å². The average Bonchev–Trinajstić information content (AvgIpc) is 2.78. The van der Waals surface area contributed by atoms with Crippen LogP contribution in [0.2, 0.25) is 0 Å². The molecule has 1 saturated heterocycles. The largest absolute Gasteiger partial charge is 0.369 e. The van der Waals surface area contributed by atoms with Gasteiger partial charge in [-0.2, -0.15) is 0 Å². The molecule has 0 aliphatic carbocycles. The maximum Gasteiger partial charge on any atom is 0.222 e. The molecule has 1 aliphatic heterocycles. The van der Waals surface area contributed by atoms with Gasteiger partial charge in [-0.15, -0.1) is 0 Å². The molecule has 4 N–H and O–H groups in total. The van der Waals surface area contributed by atoms with Crippen LogP contribution in [0.15, 0.2) is 18.3 Å². The number of hydrogen-bond acceptors (Lipinski definition) is 4. The molecule has 0 spiro atoms. The second-order valence-electron chi connectivity index (χ2n) is 4.06. The Kier molecular flexibility index (Phi) is 3.05. The summed E-state index contributed by atoms with van der Waals surface area (Å²) in [5.74, 6) is 0.604. The Morgan fingerprint density at radius 2 is 2.44 bits per heavy atom. The van der Waals surface area contributed by atoms with Crippen molar-refractivity contribution in [2.75, 3.05) is 18.0 Å². The Labute approximate surface area is 94.4 Å². The molecule has 2 heterocycles. The second kappa shape index (κ2) is 4.49. The van der Waals surface area contributed by atoms with Crippen molar-refractivity contribution < 1.29 is 4.79 Å². The van der Waals surface area contributed by atoms with E-state index in [2.05, 4.69) is 9.88 Å². The molecular formula is C11H16N4O. The van der Waals surface area contributed by atoms with Gasteiger partial charge in [-0.05, 0) is 24.1 Å². The minimum absolute atomic E-state index is 0.0525. The normalized spacial score (nSPS) is 20.1. The van der Waals surface area contributed by atoms with Gasteiger partial charge >= 0.3 is 0 Å². The van der Waals surface area contributed by atoms with Crippen LogP contribution in [0.25, 0.3) is 0 Å². The molecule has 2 rings (SSSR count). The van der Waals surface area contributed by atoms with E-state index in [1.807, 2.05) is 12.1 Å². The maximum absolute atomic E-state index is 11.1. The predicted molar refractivity (Wildman–Crippen MR) is 61.6 cm³/mol. The molecule has 0 bridgehead atoms. The van der Waals surface area contributed by atoms with E-state index >= 15 is 0 Å². The lowest BCUT2D eigenvalue weighted by Gasteiger charge is -2.17. The third-order valence-electron chi connectivity index (χ3n) is 2.96. The Morgan fingerprint density at radius 3 is 3.06 bits per heavy atom. The summed E-state index contributed by atoms with van der Waals surface area (Å²) >= 11 is 0. The van der Waals surface area contributed by atoms with Crippen LogP contribution in [-0.2, 0) is 11.3 Å². The Hall–Kier alpha value is -1.62. The van der Waals surface area contributed by atoms with Crippen LogP contribution < -0.4 is 16.4 Å². The first-order chi connectivity index (χ1) is 7.70. The fourth-order valence-corrected chi connectivity index (χ4v) is 1.96. The summed E-state index contributed by atoms with van der Waals surface area (Å²) in [6.07, 6.45) is 2.55. The van der Waals surface area contributed by atoms with Crippen LogP contribution >= 0.6 is 0 Å².